The first-order valence-electron chi connectivity index (χ1n) is 6.71. The molecule has 1 aromatic heterocycles. The first-order valence-corrected chi connectivity index (χ1v) is 7.59. The Labute approximate surface area is 135 Å². The summed E-state index contributed by atoms with van der Waals surface area (Å²) in [6.45, 7) is -0.146. The van der Waals surface area contributed by atoms with Crippen LogP contribution in [0.2, 0.25) is 0 Å². The van der Waals surface area contributed by atoms with Crippen LogP contribution in [-0.2, 0) is 16.0 Å². The fraction of sp³-hybridized carbons (Fsp3) is 0.267. The highest BCUT2D eigenvalue weighted by Gasteiger charge is 2.22. The van der Waals surface area contributed by atoms with E-state index in [4.69, 9.17) is 9.84 Å². The summed E-state index contributed by atoms with van der Waals surface area (Å²) < 4.78 is 18.3. The summed E-state index contributed by atoms with van der Waals surface area (Å²) >= 11 is 1.21. The minimum atomic E-state index is -1.19. The van der Waals surface area contributed by atoms with Gasteiger partial charge in [-0.2, -0.15) is 0 Å². The van der Waals surface area contributed by atoms with Crippen molar-refractivity contribution in [3.8, 4) is 0 Å². The number of hydrogen-bond acceptors (Lipinski definition) is 5. The first kappa shape index (κ1) is 17.0. The third kappa shape index (κ3) is 4.57. The van der Waals surface area contributed by atoms with Crippen molar-refractivity contribution >= 4 is 23.2 Å². The van der Waals surface area contributed by atoms with Crippen molar-refractivity contribution < 1.29 is 23.8 Å². The number of aliphatic carboxylic acids is 1. The molecule has 0 saturated heterocycles. The molecule has 1 unspecified atom stereocenters. The quantitative estimate of drug-likeness (QED) is 0.802. The first-order chi connectivity index (χ1) is 11.0. The number of aromatic nitrogens is 1. The second kappa shape index (κ2) is 7.80. The van der Waals surface area contributed by atoms with Gasteiger partial charge in [-0.1, -0.05) is 18.2 Å². The number of hydrogen-bond donors (Lipinski definition) is 2. The van der Waals surface area contributed by atoms with Crippen LogP contribution < -0.4 is 5.32 Å². The highest BCUT2D eigenvalue weighted by Crippen LogP contribution is 2.17. The topological polar surface area (TPSA) is 88.5 Å². The van der Waals surface area contributed by atoms with E-state index in [0.717, 1.165) is 0 Å². The van der Waals surface area contributed by atoms with Crippen LogP contribution in [0, 0.1) is 5.82 Å². The number of nitrogens with zero attached hydrogens (tertiary/aromatic N) is 1. The molecule has 2 N–H and O–H groups in total. The van der Waals surface area contributed by atoms with Crippen molar-refractivity contribution in [2.24, 2.45) is 0 Å². The lowest BCUT2D eigenvalue weighted by molar-refractivity contribution is -0.140. The van der Waals surface area contributed by atoms with E-state index < -0.39 is 17.9 Å². The van der Waals surface area contributed by atoms with Gasteiger partial charge in [0.1, 0.15) is 11.5 Å². The van der Waals surface area contributed by atoms with Gasteiger partial charge in [-0.05, 0) is 11.6 Å². The average Bonchev–Trinajstić information content (AvgIpc) is 2.97. The maximum absolute atomic E-state index is 13.6. The van der Waals surface area contributed by atoms with E-state index in [9.17, 15) is 14.0 Å². The summed E-state index contributed by atoms with van der Waals surface area (Å²) in [5, 5.41) is 13.4. The Balaban J connectivity index is 2.05. The van der Waals surface area contributed by atoms with E-state index in [1.54, 1.807) is 18.2 Å². The number of carbonyl (C=O) groups is 2. The van der Waals surface area contributed by atoms with Crippen LogP contribution in [0.5, 0.6) is 0 Å². The lowest BCUT2D eigenvalue weighted by atomic mass is 10.1. The molecule has 8 heteroatoms. The molecule has 2 rings (SSSR count). The van der Waals surface area contributed by atoms with Crippen molar-refractivity contribution in [1.29, 1.82) is 0 Å². The van der Waals surface area contributed by atoms with Crippen molar-refractivity contribution in [3.05, 3.63) is 51.7 Å². The van der Waals surface area contributed by atoms with Crippen LogP contribution in [-0.4, -0.2) is 41.7 Å². The highest BCUT2D eigenvalue weighted by molar-refractivity contribution is 7.09. The molecule has 0 radical (unpaired) electrons. The zero-order valence-electron chi connectivity index (χ0n) is 12.3. The van der Waals surface area contributed by atoms with Gasteiger partial charge in [-0.25, -0.2) is 14.2 Å². The molecule has 122 valence electrons. The Kier molecular flexibility index (Phi) is 5.78. The predicted octanol–water partition coefficient (Wildman–Crippen LogP) is 1.70. The third-order valence-electron chi connectivity index (χ3n) is 3.02. The van der Waals surface area contributed by atoms with Crippen molar-refractivity contribution in [3.63, 3.8) is 0 Å². The van der Waals surface area contributed by atoms with Crippen LogP contribution >= 0.6 is 11.3 Å². The largest absolute Gasteiger partial charge is 0.480 e. The Morgan fingerprint density at radius 2 is 2.17 bits per heavy atom. The smallest absolute Gasteiger partial charge is 0.328 e. The normalized spacial score (nSPS) is 11.9. The summed E-state index contributed by atoms with van der Waals surface area (Å²) in [5.41, 5.74) is 0.584. The molecule has 6 nitrogen and oxygen atoms in total. The van der Waals surface area contributed by atoms with E-state index in [1.165, 1.54) is 29.9 Å². The van der Waals surface area contributed by atoms with Gasteiger partial charge in [0.15, 0.2) is 6.04 Å². The van der Waals surface area contributed by atoms with Crippen LogP contribution in [0.4, 0.5) is 4.39 Å². The van der Waals surface area contributed by atoms with Gasteiger partial charge in [0, 0.05) is 18.9 Å². The molecule has 0 spiro atoms. The van der Waals surface area contributed by atoms with Crippen LogP contribution in [0.15, 0.2) is 29.6 Å². The number of rotatable bonds is 7. The lowest BCUT2D eigenvalue weighted by Crippen LogP contribution is -2.43. The molecule has 0 bridgehead atoms. The molecule has 0 saturated carbocycles. The average molecular weight is 338 g/mol. The SMILES string of the molecule is COCC(NC(=O)c1csc(Cc2ccccc2F)n1)C(=O)O. The number of carbonyl (C=O) groups excluding carboxylic acids is 1. The number of amides is 1. The summed E-state index contributed by atoms with van der Waals surface area (Å²) in [6.07, 6.45) is 0.269. The maximum Gasteiger partial charge on any atom is 0.328 e. The van der Waals surface area contributed by atoms with E-state index in [0.29, 0.717) is 10.6 Å². The Hall–Kier alpha value is -2.32. The van der Waals surface area contributed by atoms with Crippen molar-refractivity contribution in [2.45, 2.75) is 12.5 Å². The fourth-order valence-corrected chi connectivity index (χ4v) is 2.67. The summed E-state index contributed by atoms with van der Waals surface area (Å²) in [4.78, 5) is 27.1. The zero-order valence-corrected chi connectivity index (χ0v) is 13.1. The lowest BCUT2D eigenvalue weighted by Gasteiger charge is -2.12. The van der Waals surface area contributed by atoms with E-state index in [-0.39, 0.29) is 24.5 Å². The summed E-state index contributed by atoms with van der Waals surface area (Å²) in [5.74, 6) is -2.13. The predicted molar refractivity (Wildman–Crippen MR) is 82.1 cm³/mol. The Morgan fingerprint density at radius 1 is 1.43 bits per heavy atom. The number of carboxylic acid groups (broad SMARTS) is 1. The molecule has 2 aromatic rings. The molecule has 0 fully saturated rings. The minimum Gasteiger partial charge on any atom is -0.480 e. The molecule has 1 atom stereocenters. The molecular weight excluding hydrogens is 323 g/mol. The number of carboxylic acids is 1. The number of ether oxygens (including phenoxy) is 1. The van der Waals surface area contributed by atoms with Gasteiger partial charge < -0.3 is 15.2 Å². The van der Waals surface area contributed by atoms with Gasteiger partial charge in [-0.3, -0.25) is 4.79 Å². The highest BCUT2D eigenvalue weighted by atomic mass is 32.1. The second-order valence-electron chi connectivity index (χ2n) is 4.71. The van der Waals surface area contributed by atoms with Gasteiger partial charge in [0.2, 0.25) is 0 Å². The molecule has 1 heterocycles. The second-order valence-corrected chi connectivity index (χ2v) is 5.66. The van der Waals surface area contributed by atoms with E-state index >= 15 is 0 Å². The number of thiazole rings is 1. The third-order valence-corrected chi connectivity index (χ3v) is 3.87. The molecule has 0 aliphatic carbocycles. The number of nitrogens with one attached hydrogen (secondary N) is 1. The van der Waals surface area contributed by atoms with Crippen molar-refractivity contribution in [1.82, 2.24) is 10.3 Å². The fourth-order valence-electron chi connectivity index (χ4n) is 1.87. The van der Waals surface area contributed by atoms with Gasteiger partial charge >= 0.3 is 5.97 Å². The standard InChI is InChI=1S/C15H15FN2O4S/c1-22-7-11(15(20)21)18-14(19)12-8-23-13(17-12)6-9-4-2-3-5-10(9)16/h2-5,8,11H,6-7H2,1H3,(H,18,19)(H,20,21). The molecule has 23 heavy (non-hydrogen) atoms. The van der Waals surface area contributed by atoms with Gasteiger partial charge in [0.05, 0.1) is 11.6 Å². The monoisotopic (exact) mass is 338 g/mol. The van der Waals surface area contributed by atoms with Crippen LogP contribution in [0.3, 0.4) is 0 Å². The summed E-state index contributed by atoms with van der Waals surface area (Å²) in [7, 11) is 1.34. The molecule has 0 aliphatic heterocycles. The Bertz CT molecular complexity index is 704. The summed E-state index contributed by atoms with van der Waals surface area (Å²) in [6, 6.07) is 5.18. The Morgan fingerprint density at radius 3 is 2.83 bits per heavy atom. The maximum atomic E-state index is 13.6. The molecule has 0 aliphatic rings. The van der Waals surface area contributed by atoms with Crippen molar-refractivity contribution in [2.75, 3.05) is 13.7 Å². The number of methoxy groups -OCH3 is 1. The zero-order chi connectivity index (χ0) is 16.8. The van der Waals surface area contributed by atoms with Crippen LogP contribution in [0.1, 0.15) is 21.1 Å². The van der Waals surface area contributed by atoms with Gasteiger partial charge in [0.25, 0.3) is 5.91 Å². The van der Waals surface area contributed by atoms with E-state index in [1.807, 2.05) is 0 Å². The molecular formula is C15H15FN2O4S. The number of halogens is 1. The number of benzene rings is 1. The molecule has 1 aromatic carbocycles. The van der Waals surface area contributed by atoms with E-state index in [2.05, 4.69) is 10.3 Å². The van der Waals surface area contributed by atoms with Gasteiger partial charge in [-0.15, -0.1) is 11.3 Å². The molecule has 1 amide bonds. The van der Waals surface area contributed by atoms with Crippen LogP contribution in [0.25, 0.3) is 0 Å². The minimum absolute atomic E-state index is 0.101.